The summed E-state index contributed by atoms with van der Waals surface area (Å²) in [5.74, 6) is 6.25. The molecule has 3 N–H and O–H groups in total. The van der Waals surface area contributed by atoms with Gasteiger partial charge in [0.2, 0.25) is 0 Å². The number of carbonyl (C=O) groups excluding carboxylic acids is 2. The maximum absolute atomic E-state index is 13.2. The molecule has 0 bridgehead atoms. The van der Waals surface area contributed by atoms with Crippen molar-refractivity contribution in [2.75, 3.05) is 11.6 Å². The third kappa shape index (κ3) is 2.69. The number of nitrogens with one attached hydrogen (secondary N) is 1. The highest BCUT2D eigenvalue weighted by atomic mass is 19.4. The lowest BCUT2D eigenvalue weighted by molar-refractivity contribution is -0.140. The molecule has 0 radical (unpaired) electrons. The molecule has 21 heavy (non-hydrogen) atoms. The molecule has 1 aromatic rings. The number of hydrogen-bond donors (Lipinski definition) is 2. The maximum Gasteiger partial charge on any atom is 0.415 e. The fourth-order valence-corrected chi connectivity index (χ4v) is 2.15. The lowest BCUT2D eigenvalue weighted by Crippen LogP contribution is -2.54. The summed E-state index contributed by atoms with van der Waals surface area (Å²) in [4.78, 5) is 22.5. The van der Waals surface area contributed by atoms with Gasteiger partial charge in [0.25, 0.3) is 0 Å². The molecule has 0 aromatic heterocycles. The number of nitrogens with zero attached hydrogens (tertiary/aromatic N) is 2. The summed E-state index contributed by atoms with van der Waals surface area (Å²) in [5.41, 5.74) is 1.28. The van der Waals surface area contributed by atoms with Gasteiger partial charge in [0, 0.05) is 0 Å². The van der Waals surface area contributed by atoms with Crippen LogP contribution < -0.4 is 16.3 Å². The van der Waals surface area contributed by atoms with Crippen LogP contribution in [-0.4, -0.2) is 35.7 Å². The second-order valence-corrected chi connectivity index (χ2v) is 4.26. The first kappa shape index (κ1) is 14.9. The Morgan fingerprint density at radius 1 is 1.33 bits per heavy atom. The molecule has 2 rings (SSSR count). The summed E-state index contributed by atoms with van der Waals surface area (Å²) in [6.07, 6.45) is -4.74. The third-order valence-electron chi connectivity index (χ3n) is 2.97. The number of hydrogen-bond acceptors (Lipinski definition) is 4. The van der Waals surface area contributed by atoms with Crippen molar-refractivity contribution in [1.29, 1.82) is 0 Å². The molecule has 1 aliphatic rings. The number of urea groups is 1. The van der Waals surface area contributed by atoms with Crippen molar-refractivity contribution >= 4 is 17.7 Å². The highest BCUT2D eigenvalue weighted by Gasteiger charge is 2.54. The Bertz CT molecular complexity index is 584. The van der Waals surface area contributed by atoms with Gasteiger partial charge in [-0.3, -0.25) is 10.4 Å². The van der Waals surface area contributed by atoms with Gasteiger partial charge >= 0.3 is 12.2 Å². The number of amides is 2. The fraction of sp³-hybridized carbons (Fsp3) is 0.250. The van der Waals surface area contributed by atoms with E-state index in [0.29, 0.717) is 10.0 Å². The van der Waals surface area contributed by atoms with E-state index in [1.54, 1.807) is 11.5 Å². The molecule has 0 saturated carbocycles. The Balaban J connectivity index is 2.55. The van der Waals surface area contributed by atoms with Gasteiger partial charge in [0.1, 0.15) is 5.94 Å². The lowest BCUT2D eigenvalue weighted by atomic mass is 10.1. The minimum absolute atomic E-state index is 0.105. The predicted octanol–water partition coefficient (Wildman–Crippen LogP) is 0.996. The van der Waals surface area contributed by atoms with Crippen LogP contribution in [0.1, 0.15) is 0 Å². The average molecular weight is 300 g/mol. The molecule has 2 amide bonds. The Labute approximate surface area is 117 Å². The molecule has 1 unspecified atom stereocenters. The summed E-state index contributed by atoms with van der Waals surface area (Å²) >= 11 is 0. The number of benzene rings is 1. The molecule has 0 aliphatic carbocycles. The van der Waals surface area contributed by atoms with Crippen molar-refractivity contribution < 1.29 is 22.8 Å². The Kier molecular flexibility index (Phi) is 3.88. The largest absolute Gasteiger partial charge is 0.415 e. The van der Waals surface area contributed by atoms with E-state index in [9.17, 15) is 22.8 Å². The molecule has 9 heteroatoms. The highest BCUT2D eigenvalue weighted by molar-refractivity contribution is 5.79. The van der Waals surface area contributed by atoms with Crippen LogP contribution in [0.4, 0.5) is 23.7 Å². The number of anilines is 1. The topological polar surface area (TPSA) is 78.7 Å². The molecule has 1 saturated heterocycles. The van der Waals surface area contributed by atoms with E-state index >= 15 is 0 Å². The van der Waals surface area contributed by atoms with Crippen LogP contribution in [-0.2, 0) is 4.79 Å². The predicted molar refractivity (Wildman–Crippen MR) is 67.4 cm³/mol. The summed E-state index contributed by atoms with van der Waals surface area (Å²) in [7, 11) is 0. The highest BCUT2D eigenvalue weighted by Crippen LogP contribution is 2.38. The third-order valence-corrected chi connectivity index (χ3v) is 2.97. The zero-order valence-electron chi connectivity index (χ0n) is 10.6. The van der Waals surface area contributed by atoms with Gasteiger partial charge < -0.3 is 0 Å². The van der Waals surface area contributed by atoms with Crippen molar-refractivity contribution in [2.24, 2.45) is 5.84 Å². The van der Waals surface area contributed by atoms with E-state index in [1.165, 1.54) is 30.2 Å². The number of nitrogens with two attached hydrogens (primary N) is 1. The smallest absolute Gasteiger partial charge is 0.274 e. The van der Waals surface area contributed by atoms with Gasteiger partial charge in [-0.05, 0) is 12.1 Å². The van der Waals surface area contributed by atoms with E-state index < -0.39 is 30.4 Å². The van der Waals surface area contributed by atoms with Crippen molar-refractivity contribution in [3.8, 4) is 0 Å². The number of para-hydroxylation sites is 1. The van der Waals surface area contributed by atoms with Crippen LogP contribution in [0.15, 0.2) is 35.9 Å². The normalized spacial score (nSPS) is 18.7. The standard InChI is InChI=1S/C12H11F3N4O2/c13-12(14,15)10-8(7-20)6-18(11(21)17-16)19(10)9-4-2-1-3-5-9/h1-5,10H,6,16H2,(H,17,21). The van der Waals surface area contributed by atoms with E-state index in [0.717, 1.165) is 0 Å². The average Bonchev–Trinajstić information content (AvgIpc) is 2.87. The summed E-state index contributed by atoms with van der Waals surface area (Å²) in [5, 5.41) is 1.40. The molecule has 0 spiro atoms. The first-order chi connectivity index (χ1) is 9.90. The van der Waals surface area contributed by atoms with Crippen LogP contribution in [0, 0.1) is 0 Å². The first-order valence-corrected chi connectivity index (χ1v) is 5.83. The summed E-state index contributed by atoms with van der Waals surface area (Å²) in [6.45, 7) is -0.536. The molecule has 1 aromatic carbocycles. The molecule has 6 nitrogen and oxygen atoms in total. The molecule has 1 fully saturated rings. The minimum Gasteiger partial charge on any atom is -0.274 e. The molecular weight excluding hydrogens is 289 g/mol. The van der Waals surface area contributed by atoms with Crippen LogP contribution in [0.25, 0.3) is 0 Å². The molecule has 1 atom stereocenters. The number of rotatable bonds is 1. The van der Waals surface area contributed by atoms with Crippen molar-refractivity contribution in [3.05, 3.63) is 35.9 Å². The van der Waals surface area contributed by atoms with Gasteiger partial charge in [-0.1, -0.05) is 18.2 Å². The van der Waals surface area contributed by atoms with Gasteiger partial charge in [-0.15, -0.1) is 0 Å². The first-order valence-electron chi connectivity index (χ1n) is 5.83. The Morgan fingerprint density at radius 3 is 2.43 bits per heavy atom. The quantitative estimate of drug-likeness (QED) is 0.351. The van der Waals surface area contributed by atoms with Crippen LogP contribution in [0.5, 0.6) is 0 Å². The molecular formula is C12H11F3N4O2. The molecule has 1 heterocycles. The minimum atomic E-state index is -4.74. The number of alkyl halides is 3. The monoisotopic (exact) mass is 300 g/mol. The second kappa shape index (κ2) is 5.47. The van der Waals surface area contributed by atoms with Crippen LogP contribution in [0.2, 0.25) is 0 Å². The Morgan fingerprint density at radius 2 is 1.95 bits per heavy atom. The van der Waals surface area contributed by atoms with E-state index in [4.69, 9.17) is 5.84 Å². The van der Waals surface area contributed by atoms with Gasteiger partial charge in [-0.2, -0.15) is 13.2 Å². The second-order valence-electron chi connectivity index (χ2n) is 4.26. The van der Waals surface area contributed by atoms with Crippen LogP contribution in [0.3, 0.4) is 0 Å². The molecule has 1 aliphatic heterocycles. The van der Waals surface area contributed by atoms with Crippen molar-refractivity contribution in [1.82, 2.24) is 10.4 Å². The summed E-state index contributed by atoms with van der Waals surface area (Å²) in [6, 6.07) is 4.22. The molecule has 112 valence electrons. The van der Waals surface area contributed by atoms with Gasteiger partial charge in [-0.25, -0.2) is 20.4 Å². The Hall–Kier alpha value is -2.51. The zero-order chi connectivity index (χ0) is 15.6. The van der Waals surface area contributed by atoms with Gasteiger partial charge in [0.05, 0.1) is 17.8 Å². The fourth-order valence-electron chi connectivity index (χ4n) is 2.15. The zero-order valence-corrected chi connectivity index (χ0v) is 10.6. The van der Waals surface area contributed by atoms with Crippen molar-refractivity contribution in [3.63, 3.8) is 0 Å². The summed E-state index contributed by atoms with van der Waals surface area (Å²) < 4.78 is 39.7. The number of halogens is 3. The van der Waals surface area contributed by atoms with E-state index in [2.05, 4.69) is 0 Å². The number of hydrazine groups is 2. The van der Waals surface area contributed by atoms with Crippen LogP contribution >= 0.6 is 0 Å². The van der Waals surface area contributed by atoms with E-state index in [1.807, 2.05) is 0 Å². The maximum atomic E-state index is 13.2. The van der Waals surface area contributed by atoms with Crippen molar-refractivity contribution in [2.45, 2.75) is 12.2 Å². The van der Waals surface area contributed by atoms with E-state index in [-0.39, 0.29) is 5.69 Å². The lowest BCUT2D eigenvalue weighted by Gasteiger charge is -2.33. The number of carbonyl (C=O) groups is 1. The van der Waals surface area contributed by atoms with Gasteiger partial charge in [0.15, 0.2) is 6.04 Å². The SMILES string of the molecule is NNC(=O)N1CC(=C=O)C(C(F)(F)F)N1c1ccccc1.